The van der Waals surface area contributed by atoms with Crippen molar-refractivity contribution >= 4 is 0 Å². The van der Waals surface area contributed by atoms with Crippen molar-refractivity contribution in [1.82, 2.24) is 19.9 Å². The van der Waals surface area contributed by atoms with E-state index in [9.17, 15) is 0 Å². The third-order valence-corrected chi connectivity index (χ3v) is 2.67. The molecule has 0 radical (unpaired) electrons. The summed E-state index contributed by atoms with van der Waals surface area (Å²) in [4.78, 5) is 8.76. The van der Waals surface area contributed by atoms with Gasteiger partial charge in [0.1, 0.15) is 11.6 Å². The normalized spacial score (nSPS) is 10.7. The van der Waals surface area contributed by atoms with E-state index in [4.69, 9.17) is 0 Å². The first kappa shape index (κ1) is 11.8. The van der Waals surface area contributed by atoms with Crippen LogP contribution in [0.15, 0.2) is 30.7 Å². The maximum absolute atomic E-state index is 4.47. The quantitative estimate of drug-likeness (QED) is 0.853. The molecule has 0 aliphatic rings. The van der Waals surface area contributed by atoms with Crippen LogP contribution >= 0.6 is 0 Å². The average molecular weight is 230 g/mol. The molecule has 4 nitrogen and oxygen atoms in total. The van der Waals surface area contributed by atoms with Gasteiger partial charge in [-0.25, -0.2) is 9.97 Å². The Balaban J connectivity index is 2.17. The summed E-state index contributed by atoms with van der Waals surface area (Å²) in [6.45, 7) is 6.04. The topological polar surface area (TPSA) is 42.7 Å². The van der Waals surface area contributed by atoms with Crippen molar-refractivity contribution in [2.75, 3.05) is 6.54 Å². The second-order valence-electron chi connectivity index (χ2n) is 3.87. The van der Waals surface area contributed by atoms with Crippen molar-refractivity contribution in [3.05, 3.63) is 42.1 Å². The Hall–Kier alpha value is -1.68. The molecule has 2 aromatic heterocycles. The zero-order valence-electron chi connectivity index (χ0n) is 10.3. The molecule has 0 unspecified atom stereocenters. The minimum absolute atomic E-state index is 0.869. The van der Waals surface area contributed by atoms with Crippen molar-refractivity contribution in [2.24, 2.45) is 0 Å². The second-order valence-corrected chi connectivity index (χ2v) is 3.87. The van der Waals surface area contributed by atoms with Gasteiger partial charge in [0.25, 0.3) is 0 Å². The van der Waals surface area contributed by atoms with E-state index in [1.54, 1.807) is 0 Å². The standard InChI is InChI=1S/C13H18N4/c1-3-12-15-7-8-17(12)13-6-5-11(10-16-13)9-14-4-2/h5-8,10,14H,3-4,9H2,1-2H3. The average Bonchev–Trinajstić information content (AvgIpc) is 2.85. The first-order valence-electron chi connectivity index (χ1n) is 6.03. The van der Waals surface area contributed by atoms with E-state index in [2.05, 4.69) is 35.2 Å². The molecule has 0 saturated carbocycles. The Kier molecular flexibility index (Phi) is 3.88. The lowest BCUT2D eigenvalue weighted by Gasteiger charge is -2.06. The second kappa shape index (κ2) is 5.59. The Labute approximate surface area is 102 Å². The Morgan fingerprint density at radius 2 is 2.12 bits per heavy atom. The van der Waals surface area contributed by atoms with Gasteiger partial charge < -0.3 is 5.32 Å². The third-order valence-electron chi connectivity index (χ3n) is 2.67. The first-order chi connectivity index (χ1) is 8.35. The van der Waals surface area contributed by atoms with Crippen molar-refractivity contribution in [2.45, 2.75) is 26.8 Å². The molecular formula is C13H18N4. The van der Waals surface area contributed by atoms with Gasteiger partial charge in [0.15, 0.2) is 0 Å². The van der Waals surface area contributed by atoms with Gasteiger partial charge in [-0.05, 0) is 18.2 Å². The van der Waals surface area contributed by atoms with Crippen molar-refractivity contribution < 1.29 is 0 Å². The summed E-state index contributed by atoms with van der Waals surface area (Å²) >= 11 is 0. The van der Waals surface area contributed by atoms with Gasteiger partial charge in [-0.1, -0.05) is 19.9 Å². The number of aromatic nitrogens is 3. The van der Waals surface area contributed by atoms with Gasteiger partial charge >= 0.3 is 0 Å². The summed E-state index contributed by atoms with van der Waals surface area (Å²) in [7, 11) is 0. The fraction of sp³-hybridized carbons (Fsp3) is 0.385. The van der Waals surface area contributed by atoms with Crippen LogP contribution in [0.1, 0.15) is 25.2 Å². The largest absolute Gasteiger partial charge is 0.313 e. The molecule has 2 rings (SSSR count). The van der Waals surface area contributed by atoms with Crippen LogP contribution in [0.5, 0.6) is 0 Å². The molecule has 17 heavy (non-hydrogen) atoms. The summed E-state index contributed by atoms with van der Waals surface area (Å²) in [6, 6.07) is 4.14. The molecule has 4 heteroatoms. The van der Waals surface area contributed by atoms with Gasteiger partial charge in [-0.15, -0.1) is 0 Å². The Morgan fingerprint density at radius 1 is 1.24 bits per heavy atom. The Bertz CT molecular complexity index is 459. The predicted octanol–water partition coefficient (Wildman–Crippen LogP) is 1.94. The van der Waals surface area contributed by atoms with Crippen molar-refractivity contribution in [1.29, 1.82) is 0 Å². The van der Waals surface area contributed by atoms with Crippen molar-refractivity contribution in [3.8, 4) is 5.82 Å². The molecule has 0 aliphatic carbocycles. The fourth-order valence-corrected chi connectivity index (χ4v) is 1.74. The number of nitrogens with one attached hydrogen (secondary N) is 1. The van der Waals surface area contributed by atoms with Crippen molar-refractivity contribution in [3.63, 3.8) is 0 Å². The predicted molar refractivity (Wildman–Crippen MR) is 68.1 cm³/mol. The highest BCUT2D eigenvalue weighted by Crippen LogP contribution is 2.09. The molecule has 0 fully saturated rings. The maximum Gasteiger partial charge on any atom is 0.137 e. The van der Waals surface area contributed by atoms with Gasteiger partial charge in [0, 0.05) is 31.6 Å². The summed E-state index contributed by atoms with van der Waals surface area (Å²) < 4.78 is 2.02. The zero-order valence-corrected chi connectivity index (χ0v) is 10.3. The maximum atomic E-state index is 4.47. The monoisotopic (exact) mass is 230 g/mol. The number of hydrogen-bond acceptors (Lipinski definition) is 3. The highest BCUT2D eigenvalue weighted by atomic mass is 15.1. The Morgan fingerprint density at radius 3 is 2.76 bits per heavy atom. The van der Waals surface area contributed by atoms with E-state index < -0.39 is 0 Å². The molecule has 0 aromatic carbocycles. The molecule has 2 aromatic rings. The molecule has 0 atom stereocenters. The van der Waals surface area contributed by atoms with E-state index in [0.717, 1.165) is 31.2 Å². The SMILES string of the molecule is CCNCc1ccc(-n2ccnc2CC)nc1. The van der Waals surface area contributed by atoms with Crippen LogP contribution in [0, 0.1) is 0 Å². The number of rotatable bonds is 5. The lowest BCUT2D eigenvalue weighted by molar-refractivity contribution is 0.723. The summed E-state index contributed by atoms with van der Waals surface area (Å²) in [5.74, 6) is 1.97. The van der Waals surface area contributed by atoms with Crippen LogP contribution in [0.2, 0.25) is 0 Å². The van der Waals surface area contributed by atoms with E-state index in [0.29, 0.717) is 0 Å². The molecule has 0 aliphatic heterocycles. The zero-order chi connectivity index (χ0) is 12.1. The minimum Gasteiger partial charge on any atom is -0.313 e. The van der Waals surface area contributed by atoms with Gasteiger partial charge in [-0.3, -0.25) is 4.57 Å². The third kappa shape index (κ3) is 2.71. The van der Waals surface area contributed by atoms with Gasteiger partial charge in [0.2, 0.25) is 0 Å². The summed E-state index contributed by atoms with van der Waals surface area (Å²) in [5, 5.41) is 3.28. The van der Waals surface area contributed by atoms with E-state index in [-0.39, 0.29) is 0 Å². The molecule has 0 bridgehead atoms. The van der Waals surface area contributed by atoms with Crippen LogP contribution in [0.25, 0.3) is 5.82 Å². The van der Waals surface area contributed by atoms with Crippen LogP contribution in [-0.4, -0.2) is 21.1 Å². The number of hydrogen-bond donors (Lipinski definition) is 1. The highest BCUT2D eigenvalue weighted by molar-refractivity contribution is 5.27. The lowest BCUT2D eigenvalue weighted by atomic mass is 10.3. The van der Waals surface area contributed by atoms with Gasteiger partial charge in [-0.2, -0.15) is 0 Å². The number of nitrogens with zero attached hydrogens (tertiary/aromatic N) is 3. The first-order valence-corrected chi connectivity index (χ1v) is 6.03. The molecule has 1 N–H and O–H groups in total. The summed E-state index contributed by atoms with van der Waals surface area (Å²) in [5.41, 5.74) is 1.20. The molecular weight excluding hydrogens is 212 g/mol. The lowest BCUT2D eigenvalue weighted by Crippen LogP contribution is -2.12. The molecule has 2 heterocycles. The molecule has 0 spiro atoms. The van der Waals surface area contributed by atoms with Crippen LogP contribution < -0.4 is 5.32 Å². The number of aryl methyl sites for hydroxylation is 1. The molecule has 0 amide bonds. The highest BCUT2D eigenvalue weighted by Gasteiger charge is 2.03. The van der Waals surface area contributed by atoms with E-state index in [1.165, 1.54) is 5.56 Å². The van der Waals surface area contributed by atoms with Crippen LogP contribution in [0.4, 0.5) is 0 Å². The van der Waals surface area contributed by atoms with Gasteiger partial charge in [0.05, 0.1) is 0 Å². The van der Waals surface area contributed by atoms with Crippen LogP contribution in [0.3, 0.4) is 0 Å². The fourth-order valence-electron chi connectivity index (χ4n) is 1.74. The van der Waals surface area contributed by atoms with E-state index in [1.807, 2.05) is 29.2 Å². The molecule has 0 saturated heterocycles. The number of imidazole rings is 1. The minimum atomic E-state index is 0.869. The smallest absolute Gasteiger partial charge is 0.137 e. The van der Waals surface area contributed by atoms with E-state index >= 15 is 0 Å². The molecule has 90 valence electrons. The summed E-state index contributed by atoms with van der Waals surface area (Å²) in [6.07, 6.45) is 6.59. The number of pyridine rings is 1. The van der Waals surface area contributed by atoms with Crippen LogP contribution in [-0.2, 0) is 13.0 Å².